The first-order valence-electron chi connectivity index (χ1n) is 6.52. The van der Waals surface area contributed by atoms with E-state index in [0.29, 0.717) is 6.42 Å². The zero-order valence-corrected chi connectivity index (χ0v) is 10.6. The van der Waals surface area contributed by atoms with Gasteiger partial charge in [-0.15, -0.1) is 0 Å². The highest BCUT2D eigenvalue weighted by Crippen LogP contribution is 2.17. The lowest BCUT2D eigenvalue weighted by atomic mass is 10.1. The molecule has 4 heteroatoms. The Kier molecular flexibility index (Phi) is 4.59. The monoisotopic (exact) mass is 248 g/mol. The normalized spacial score (nSPS) is 16.3. The first kappa shape index (κ1) is 12.9. The van der Waals surface area contributed by atoms with E-state index in [9.17, 15) is 4.79 Å². The van der Waals surface area contributed by atoms with Crippen molar-refractivity contribution in [2.75, 3.05) is 31.1 Å². The van der Waals surface area contributed by atoms with Gasteiger partial charge < -0.3 is 15.3 Å². The molecule has 0 atom stereocenters. The van der Waals surface area contributed by atoms with Gasteiger partial charge in [0.15, 0.2) is 0 Å². The van der Waals surface area contributed by atoms with Gasteiger partial charge in [0.2, 0.25) is 0 Å². The van der Waals surface area contributed by atoms with E-state index >= 15 is 0 Å². The number of hydrogen-bond donors (Lipinski definition) is 2. The molecule has 0 unspecified atom stereocenters. The van der Waals surface area contributed by atoms with Crippen LogP contribution in [0.4, 0.5) is 5.69 Å². The van der Waals surface area contributed by atoms with Crippen molar-refractivity contribution in [1.29, 1.82) is 0 Å². The third kappa shape index (κ3) is 3.74. The van der Waals surface area contributed by atoms with Crippen LogP contribution < -0.4 is 10.2 Å². The SMILES string of the molecule is O=C(O)CCc1ccc(N2CCCNCC2)cc1. The highest BCUT2D eigenvalue weighted by molar-refractivity contribution is 5.67. The van der Waals surface area contributed by atoms with Gasteiger partial charge in [0.05, 0.1) is 0 Å². The van der Waals surface area contributed by atoms with Crippen molar-refractivity contribution in [3.63, 3.8) is 0 Å². The number of nitrogens with zero attached hydrogens (tertiary/aromatic N) is 1. The number of carbonyl (C=O) groups is 1. The Morgan fingerprint density at radius 3 is 2.72 bits per heavy atom. The Morgan fingerprint density at radius 1 is 1.22 bits per heavy atom. The fourth-order valence-electron chi connectivity index (χ4n) is 2.23. The number of carboxylic acid groups (broad SMARTS) is 1. The lowest BCUT2D eigenvalue weighted by Crippen LogP contribution is -2.27. The Hall–Kier alpha value is -1.55. The maximum atomic E-state index is 10.5. The third-order valence-corrected chi connectivity index (χ3v) is 3.27. The summed E-state index contributed by atoms with van der Waals surface area (Å²) in [6, 6.07) is 8.28. The molecular weight excluding hydrogens is 228 g/mol. The summed E-state index contributed by atoms with van der Waals surface area (Å²) in [6.45, 7) is 4.24. The van der Waals surface area contributed by atoms with E-state index in [-0.39, 0.29) is 6.42 Å². The topological polar surface area (TPSA) is 52.6 Å². The fourth-order valence-corrected chi connectivity index (χ4v) is 2.23. The summed E-state index contributed by atoms with van der Waals surface area (Å²) >= 11 is 0. The van der Waals surface area contributed by atoms with Crippen molar-refractivity contribution in [1.82, 2.24) is 5.32 Å². The molecule has 0 bridgehead atoms. The van der Waals surface area contributed by atoms with Crippen molar-refractivity contribution in [2.45, 2.75) is 19.3 Å². The summed E-state index contributed by atoms with van der Waals surface area (Å²) < 4.78 is 0. The molecule has 0 aliphatic carbocycles. The lowest BCUT2D eigenvalue weighted by molar-refractivity contribution is -0.136. The number of aliphatic carboxylic acids is 1. The summed E-state index contributed by atoms with van der Waals surface area (Å²) in [5.74, 6) is -0.738. The second kappa shape index (κ2) is 6.40. The highest BCUT2D eigenvalue weighted by Gasteiger charge is 2.09. The Bertz CT molecular complexity index is 381. The van der Waals surface area contributed by atoms with E-state index in [1.807, 2.05) is 12.1 Å². The summed E-state index contributed by atoms with van der Waals surface area (Å²) in [6.07, 6.45) is 1.98. The molecule has 0 radical (unpaired) electrons. The molecule has 1 heterocycles. The van der Waals surface area contributed by atoms with Crippen LogP contribution in [0.3, 0.4) is 0 Å². The predicted octanol–water partition coefficient (Wildman–Crippen LogP) is 1.50. The smallest absolute Gasteiger partial charge is 0.303 e. The number of hydrogen-bond acceptors (Lipinski definition) is 3. The van der Waals surface area contributed by atoms with Crippen LogP contribution in [0.25, 0.3) is 0 Å². The Labute approximate surface area is 108 Å². The molecule has 1 aromatic rings. The maximum absolute atomic E-state index is 10.5. The van der Waals surface area contributed by atoms with Gasteiger partial charge in [0, 0.05) is 31.7 Å². The van der Waals surface area contributed by atoms with Crippen molar-refractivity contribution >= 4 is 11.7 Å². The molecule has 18 heavy (non-hydrogen) atoms. The number of aryl methyl sites for hydroxylation is 1. The summed E-state index contributed by atoms with van der Waals surface area (Å²) in [5, 5.41) is 12.0. The zero-order chi connectivity index (χ0) is 12.8. The van der Waals surface area contributed by atoms with E-state index in [1.54, 1.807) is 0 Å². The maximum Gasteiger partial charge on any atom is 0.303 e. The van der Waals surface area contributed by atoms with E-state index in [1.165, 1.54) is 12.1 Å². The summed E-state index contributed by atoms with van der Waals surface area (Å²) in [7, 11) is 0. The van der Waals surface area contributed by atoms with Crippen LogP contribution in [-0.2, 0) is 11.2 Å². The number of nitrogens with one attached hydrogen (secondary N) is 1. The van der Waals surface area contributed by atoms with Crippen molar-refractivity contribution in [3.05, 3.63) is 29.8 Å². The average molecular weight is 248 g/mol. The molecule has 0 aromatic heterocycles. The molecule has 1 aromatic carbocycles. The van der Waals surface area contributed by atoms with Gasteiger partial charge >= 0.3 is 5.97 Å². The minimum Gasteiger partial charge on any atom is -0.481 e. The van der Waals surface area contributed by atoms with Gasteiger partial charge in [0.1, 0.15) is 0 Å². The van der Waals surface area contributed by atoms with Crippen LogP contribution in [0.5, 0.6) is 0 Å². The zero-order valence-electron chi connectivity index (χ0n) is 10.6. The van der Waals surface area contributed by atoms with Crippen LogP contribution >= 0.6 is 0 Å². The van der Waals surface area contributed by atoms with Gasteiger partial charge in [-0.1, -0.05) is 12.1 Å². The molecule has 1 fully saturated rings. The molecule has 1 saturated heterocycles. The summed E-state index contributed by atoms with van der Waals surface area (Å²) in [5.41, 5.74) is 2.33. The molecule has 0 amide bonds. The molecule has 4 nitrogen and oxygen atoms in total. The molecule has 0 saturated carbocycles. The molecular formula is C14H20N2O2. The summed E-state index contributed by atoms with van der Waals surface area (Å²) in [4.78, 5) is 12.9. The van der Waals surface area contributed by atoms with Crippen molar-refractivity contribution in [2.24, 2.45) is 0 Å². The van der Waals surface area contributed by atoms with Crippen LogP contribution in [0.2, 0.25) is 0 Å². The standard InChI is InChI=1S/C14H20N2O2/c17-14(18)7-4-12-2-5-13(6-3-12)16-10-1-8-15-9-11-16/h2-3,5-6,15H,1,4,7-11H2,(H,17,18). The van der Waals surface area contributed by atoms with Crippen molar-refractivity contribution < 1.29 is 9.90 Å². The minimum atomic E-state index is -0.738. The average Bonchev–Trinajstić information content (AvgIpc) is 2.66. The highest BCUT2D eigenvalue weighted by atomic mass is 16.4. The fraction of sp³-hybridized carbons (Fsp3) is 0.500. The third-order valence-electron chi connectivity index (χ3n) is 3.27. The number of carboxylic acids is 1. The van der Waals surface area contributed by atoms with Crippen LogP contribution in [-0.4, -0.2) is 37.3 Å². The second-order valence-electron chi connectivity index (χ2n) is 4.65. The first-order chi connectivity index (χ1) is 8.75. The number of rotatable bonds is 4. The largest absolute Gasteiger partial charge is 0.481 e. The molecule has 1 aliphatic heterocycles. The van der Waals surface area contributed by atoms with E-state index in [4.69, 9.17) is 5.11 Å². The predicted molar refractivity (Wildman–Crippen MR) is 72.1 cm³/mol. The van der Waals surface area contributed by atoms with E-state index in [0.717, 1.165) is 31.7 Å². The molecule has 2 rings (SSSR count). The van der Waals surface area contributed by atoms with Gasteiger partial charge in [-0.25, -0.2) is 0 Å². The second-order valence-corrected chi connectivity index (χ2v) is 4.65. The molecule has 0 spiro atoms. The molecule has 98 valence electrons. The van der Waals surface area contributed by atoms with Gasteiger partial charge in [-0.2, -0.15) is 0 Å². The molecule has 1 aliphatic rings. The number of benzene rings is 1. The van der Waals surface area contributed by atoms with E-state index in [2.05, 4.69) is 22.3 Å². The van der Waals surface area contributed by atoms with Gasteiger partial charge in [0.25, 0.3) is 0 Å². The Balaban J connectivity index is 1.95. The quantitative estimate of drug-likeness (QED) is 0.848. The Morgan fingerprint density at radius 2 is 2.00 bits per heavy atom. The van der Waals surface area contributed by atoms with Crippen LogP contribution in [0, 0.1) is 0 Å². The van der Waals surface area contributed by atoms with Gasteiger partial charge in [-0.3, -0.25) is 4.79 Å². The first-order valence-corrected chi connectivity index (χ1v) is 6.52. The molecule has 2 N–H and O–H groups in total. The number of anilines is 1. The van der Waals surface area contributed by atoms with Crippen LogP contribution in [0.15, 0.2) is 24.3 Å². The lowest BCUT2D eigenvalue weighted by Gasteiger charge is -2.22. The van der Waals surface area contributed by atoms with Gasteiger partial charge in [-0.05, 0) is 37.1 Å². The minimum absolute atomic E-state index is 0.201. The van der Waals surface area contributed by atoms with Crippen molar-refractivity contribution in [3.8, 4) is 0 Å². The van der Waals surface area contributed by atoms with E-state index < -0.39 is 5.97 Å². The van der Waals surface area contributed by atoms with Crippen LogP contribution in [0.1, 0.15) is 18.4 Å².